The van der Waals surface area contributed by atoms with E-state index in [4.69, 9.17) is 4.98 Å². The number of nitrogens with one attached hydrogen (secondary N) is 3. The van der Waals surface area contributed by atoms with Gasteiger partial charge in [0.1, 0.15) is 11.5 Å². The summed E-state index contributed by atoms with van der Waals surface area (Å²) in [6.45, 7) is 0. The molecule has 0 fully saturated rings. The number of amides is 1. The summed E-state index contributed by atoms with van der Waals surface area (Å²) in [6.07, 6.45) is 3.40. The van der Waals surface area contributed by atoms with Crippen LogP contribution in [0.3, 0.4) is 0 Å². The molecule has 3 aromatic heterocycles. The number of H-pyrrole nitrogens is 2. The number of hydrogen-bond acceptors (Lipinski definition) is 5. The number of aromatic nitrogens is 4. The quantitative estimate of drug-likeness (QED) is 0.284. The fourth-order valence-corrected chi connectivity index (χ4v) is 6.39. The molecule has 1 aliphatic carbocycles. The SMILES string of the molecule is CN(C)S(=O)(=O)c1ccc2nc(-c3cccc4c3-c3ccccc3C4NC(=O)c3ccnc4[nH]ccc34)[nH]c2c1. The Morgan fingerprint density at radius 1 is 0.950 bits per heavy atom. The number of rotatable bonds is 5. The van der Waals surface area contributed by atoms with E-state index in [0.717, 1.165) is 33.2 Å². The molecule has 0 radical (unpaired) electrons. The van der Waals surface area contributed by atoms with Crippen molar-refractivity contribution in [2.24, 2.45) is 0 Å². The van der Waals surface area contributed by atoms with E-state index in [1.165, 1.54) is 18.4 Å². The van der Waals surface area contributed by atoms with Crippen LogP contribution in [0.5, 0.6) is 0 Å². The van der Waals surface area contributed by atoms with Gasteiger partial charge in [0.2, 0.25) is 10.0 Å². The second-order valence-corrected chi connectivity index (χ2v) is 12.1. The highest BCUT2D eigenvalue weighted by molar-refractivity contribution is 7.89. The van der Waals surface area contributed by atoms with Crippen LogP contribution in [0.2, 0.25) is 0 Å². The molecule has 7 rings (SSSR count). The fraction of sp³-hybridized carbons (Fsp3) is 0.100. The molecule has 1 aliphatic rings. The van der Waals surface area contributed by atoms with Crippen LogP contribution in [0.25, 0.3) is 44.6 Å². The van der Waals surface area contributed by atoms with E-state index < -0.39 is 10.0 Å². The number of pyridine rings is 1. The maximum absolute atomic E-state index is 13.5. The lowest BCUT2D eigenvalue weighted by Gasteiger charge is -2.16. The van der Waals surface area contributed by atoms with Gasteiger partial charge in [-0.3, -0.25) is 4.79 Å². The maximum atomic E-state index is 13.5. The Morgan fingerprint density at radius 2 is 1.75 bits per heavy atom. The van der Waals surface area contributed by atoms with Crippen LogP contribution in [-0.4, -0.2) is 52.7 Å². The molecule has 198 valence electrons. The lowest BCUT2D eigenvalue weighted by molar-refractivity contribution is 0.0945. The Balaban J connectivity index is 1.33. The Bertz CT molecular complexity index is 2080. The van der Waals surface area contributed by atoms with E-state index in [0.29, 0.717) is 28.1 Å². The van der Waals surface area contributed by atoms with Crippen molar-refractivity contribution in [1.82, 2.24) is 29.6 Å². The summed E-state index contributed by atoms with van der Waals surface area (Å²) in [5.41, 5.74) is 7.31. The number of imidazole rings is 1. The van der Waals surface area contributed by atoms with Crippen LogP contribution < -0.4 is 5.32 Å². The molecule has 0 aliphatic heterocycles. The summed E-state index contributed by atoms with van der Waals surface area (Å²) in [4.78, 5) is 29.2. The summed E-state index contributed by atoms with van der Waals surface area (Å²) in [6, 6.07) is 22.1. The summed E-state index contributed by atoms with van der Waals surface area (Å²) in [7, 11) is -0.571. The van der Waals surface area contributed by atoms with E-state index in [1.807, 2.05) is 48.5 Å². The molecule has 1 unspecified atom stereocenters. The molecule has 6 aromatic rings. The summed E-state index contributed by atoms with van der Waals surface area (Å²) in [5, 5.41) is 4.01. The Morgan fingerprint density at radius 3 is 2.60 bits per heavy atom. The van der Waals surface area contributed by atoms with Gasteiger partial charge in [-0.15, -0.1) is 0 Å². The average Bonchev–Trinajstić information content (AvgIpc) is 3.68. The normalized spacial score (nSPS) is 14.5. The van der Waals surface area contributed by atoms with Gasteiger partial charge in [-0.05, 0) is 52.6 Å². The van der Waals surface area contributed by atoms with E-state index >= 15 is 0 Å². The van der Waals surface area contributed by atoms with Crippen molar-refractivity contribution in [2.75, 3.05) is 14.1 Å². The molecule has 3 heterocycles. The number of fused-ring (bicyclic) bond motifs is 5. The number of nitrogens with zero attached hydrogens (tertiary/aromatic N) is 3. The zero-order valence-corrected chi connectivity index (χ0v) is 22.5. The minimum absolute atomic E-state index is 0.191. The number of carbonyl (C=O) groups excluding carboxylic acids is 1. The van der Waals surface area contributed by atoms with Gasteiger partial charge in [-0.1, -0.05) is 42.5 Å². The minimum Gasteiger partial charge on any atom is -0.346 e. The molecule has 1 atom stereocenters. The first-order valence-corrected chi connectivity index (χ1v) is 14.1. The predicted octanol–water partition coefficient (Wildman–Crippen LogP) is 4.86. The Hall–Kier alpha value is -4.80. The number of aromatic amines is 2. The molecule has 10 heteroatoms. The lowest BCUT2D eigenvalue weighted by atomic mass is 9.98. The van der Waals surface area contributed by atoms with Crippen LogP contribution >= 0.6 is 0 Å². The topological polar surface area (TPSA) is 124 Å². The van der Waals surface area contributed by atoms with Gasteiger partial charge in [0.05, 0.1) is 27.5 Å². The summed E-state index contributed by atoms with van der Waals surface area (Å²) in [5.74, 6) is 0.430. The first kappa shape index (κ1) is 24.3. The van der Waals surface area contributed by atoms with Gasteiger partial charge >= 0.3 is 0 Å². The summed E-state index contributed by atoms with van der Waals surface area (Å²) < 4.78 is 26.5. The monoisotopic (exact) mass is 548 g/mol. The molecule has 3 aromatic carbocycles. The van der Waals surface area contributed by atoms with Crippen molar-refractivity contribution in [1.29, 1.82) is 0 Å². The molecule has 9 nitrogen and oxygen atoms in total. The van der Waals surface area contributed by atoms with Crippen LogP contribution in [0, 0.1) is 0 Å². The average molecular weight is 549 g/mol. The molecule has 0 saturated heterocycles. The van der Waals surface area contributed by atoms with Crippen LogP contribution in [0.1, 0.15) is 27.5 Å². The smallest absolute Gasteiger partial charge is 0.252 e. The highest BCUT2D eigenvalue weighted by Gasteiger charge is 2.33. The molecular weight excluding hydrogens is 524 g/mol. The van der Waals surface area contributed by atoms with Gasteiger partial charge in [-0.25, -0.2) is 22.7 Å². The third-order valence-electron chi connectivity index (χ3n) is 7.42. The van der Waals surface area contributed by atoms with Crippen molar-refractivity contribution in [3.63, 3.8) is 0 Å². The van der Waals surface area contributed by atoms with E-state index in [-0.39, 0.29) is 16.8 Å². The van der Waals surface area contributed by atoms with Crippen molar-refractivity contribution < 1.29 is 13.2 Å². The van der Waals surface area contributed by atoms with Crippen LogP contribution in [-0.2, 0) is 10.0 Å². The highest BCUT2D eigenvalue weighted by atomic mass is 32.2. The standard InChI is InChI=1S/C30H24N6O3S/c1-36(2)40(38,39)17-10-11-24-25(16-17)34-29(33-24)23-9-5-8-22-26(23)18-6-3-4-7-19(18)27(22)35-30(37)21-13-15-32-28-20(21)12-14-31-28/h3-16,27H,1-2H3,(H,31,32)(H,33,34)(H,35,37). The zero-order chi connectivity index (χ0) is 27.6. The van der Waals surface area contributed by atoms with Crippen molar-refractivity contribution in [3.05, 3.63) is 102 Å². The van der Waals surface area contributed by atoms with Gasteiger partial charge in [0.15, 0.2) is 0 Å². The second-order valence-electron chi connectivity index (χ2n) is 9.91. The largest absolute Gasteiger partial charge is 0.346 e. The third-order valence-corrected chi connectivity index (χ3v) is 9.23. The molecule has 0 saturated carbocycles. The molecule has 3 N–H and O–H groups in total. The fourth-order valence-electron chi connectivity index (χ4n) is 5.46. The highest BCUT2D eigenvalue weighted by Crippen LogP contribution is 2.47. The van der Waals surface area contributed by atoms with Crippen LogP contribution in [0.15, 0.2) is 90.1 Å². The Kier molecular flexibility index (Phi) is 5.38. The van der Waals surface area contributed by atoms with Gasteiger partial charge in [0.25, 0.3) is 5.91 Å². The first-order chi connectivity index (χ1) is 19.3. The predicted molar refractivity (Wildman–Crippen MR) is 153 cm³/mol. The lowest BCUT2D eigenvalue weighted by Crippen LogP contribution is -2.28. The molecule has 0 spiro atoms. The number of hydrogen-bond donors (Lipinski definition) is 3. The van der Waals surface area contributed by atoms with E-state index in [2.05, 4.69) is 20.3 Å². The zero-order valence-electron chi connectivity index (χ0n) is 21.6. The molecule has 1 amide bonds. The number of benzene rings is 3. The molecule has 40 heavy (non-hydrogen) atoms. The molecule has 0 bridgehead atoms. The van der Waals surface area contributed by atoms with Gasteiger partial charge < -0.3 is 15.3 Å². The van der Waals surface area contributed by atoms with Crippen molar-refractivity contribution in [2.45, 2.75) is 10.9 Å². The number of sulfonamides is 1. The van der Waals surface area contributed by atoms with Gasteiger partial charge in [-0.2, -0.15) is 0 Å². The molecular formula is C30H24N6O3S. The van der Waals surface area contributed by atoms with E-state index in [1.54, 1.807) is 36.7 Å². The minimum atomic E-state index is -3.59. The van der Waals surface area contributed by atoms with Gasteiger partial charge in [0, 0.05) is 37.4 Å². The Labute approximate surface area is 230 Å². The van der Waals surface area contributed by atoms with Crippen LogP contribution in [0.4, 0.5) is 0 Å². The second kappa shape index (κ2) is 8.87. The number of carbonyl (C=O) groups is 1. The summed E-state index contributed by atoms with van der Waals surface area (Å²) >= 11 is 0. The van der Waals surface area contributed by atoms with E-state index in [9.17, 15) is 13.2 Å². The maximum Gasteiger partial charge on any atom is 0.252 e. The first-order valence-electron chi connectivity index (χ1n) is 12.7. The van der Waals surface area contributed by atoms with Crippen molar-refractivity contribution in [3.8, 4) is 22.5 Å². The third kappa shape index (κ3) is 3.64. The van der Waals surface area contributed by atoms with Crippen molar-refractivity contribution >= 4 is 38.0 Å².